The molecule has 0 radical (unpaired) electrons. The Labute approximate surface area is 83.3 Å². The van der Waals surface area contributed by atoms with Crippen LogP contribution in [0, 0.1) is 0 Å². The summed E-state index contributed by atoms with van der Waals surface area (Å²) < 4.78 is 10.7. The molecule has 0 spiro atoms. The van der Waals surface area contributed by atoms with E-state index in [1.165, 1.54) is 0 Å². The van der Waals surface area contributed by atoms with Crippen molar-refractivity contribution in [2.45, 2.75) is 12.2 Å². The van der Waals surface area contributed by atoms with Crippen molar-refractivity contribution >= 4 is 0 Å². The molecule has 0 bridgehead atoms. The second-order valence-electron chi connectivity index (χ2n) is 3.30. The van der Waals surface area contributed by atoms with Crippen molar-refractivity contribution < 1.29 is 14.6 Å². The highest BCUT2D eigenvalue weighted by Crippen LogP contribution is 2.30. The van der Waals surface area contributed by atoms with Gasteiger partial charge in [0.05, 0.1) is 19.8 Å². The molecule has 1 heterocycles. The van der Waals surface area contributed by atoms with Gasteiger partial charge >= 0.3 is 0 Å². The number of aliphatic hydroxyl groups is 1. The van der Waals surface area contributed by atoms with E-state index in [2.05, 4.69) is 0 Å². The Balaban J connectivity index is 2.02. The Morgan fingerprint density at radius 1 is 1.43 bits per heavy atom. The Morgan fingerprint density at radius 2 is 2.14 bits per heavy atom. The molecule has 1 saturated heterocycles. The van der Waals surface area contributed by atoms with Gasteiger partial charge in [-0.3, -0.25) is 0 Å². The van der Waals surface area contributed by atoms with Crippen LogP contribution in [0.2, 0.25) is 0 Å². The third kappa shape index (κ3) is 2.32. The molecule has 3 heteroatoms. The highest BCUT2D eigenvalue weighted by molar-refractivity contribution is 5.19. The van der Waals surface area contributed by atoms with E-state index in [1.54, 1.807) is 0 Å². The summed E-state index contributed by atoms with van der Waals surface area (Å²) in [5, 5.41) is 8.70. The second kappa shape index (κ2) is 4.55. The first-order valence-electron chi connectivity index (χ1n) is 4.81. The van der Waals surface area contributed by atoms with Gasteiger partial charge in [-0.2, -0.15) is 0 Å². The van der Waals surface area contributed by atoms with E-state index in [4.69, 9.17) is 14.6 Å². The van der Waals surface area contributed by atoms with Gasteiger partial charge in [0.1, 0.15) is 12.2 Å². The molecule has 0 aliphatic carbocycles. The quantitative estimate of drug-likeness (QED) is 0.714. The fraction of sp³-hybridized carbons (Fsp3) is 0.455. The van der Waals surface area contributed by atoms with Crippen molar-refractivity contribution in [1.29, 1.82) is 0 Å². The molecule has 1 aliphatic heterocycles. The van der Waals surface area contributed by atoms with Crippen LogP contribution >= 0.6 is 0 Å². The zero-order valence-corrected chi connectivity index (χ0v) is 7.93. The SMILES string of the molecule is OCCOC(c1ccccc1)C1CO1. The van der Waals surface area contributed by atoms with Crippen molar-refractivity contribution in [3.8, 4) is 0 Å². The normalized spacial score (nSPS) is 21.9. The third-order valence-electron chi connectivity index (χ3n) is 2.21. The Hall–Kier alpha value is -0.900. The molecule has 76 valence electrons. The third-order valence-corrected chi connectivity index (χ3v) is 2.21. The van der Waals surface area contributed by atoms with E-state index in [0.717, 1.165) is 12.2 Å². The lowest BCUT2D eigenvalue weighted by Crippen LogP contribution is -2.13. The van der Waals surface area contributed by atoms with Gasteiger partial charge in [0.25, 0.3) is 0 Å². The number of benzene rings is 1. The van der Waals surface area contributed by atoms with E-state index >= 15 is 0 Å². The molecule has 0 amide bonds. The summed E-state index contributed by atoms with van der Waals surface area (Å²) in [6.07, 6.45) is 0.146. The second-order valence-corrected chi connectivity index (χ2v) is 3.30. The molecule has 0 saturated carbocycles. The van der Waals surface area contributed by atoms with Crippen molar-refractivity contribution in [2.75, 3.05) is 19.8 Å². The summed E-state index contributed by atoms with van der Waals surface area (Å²) in [7, 11) is 0. The minimum Gasteiger partial charge on any atom is -0.394 e. The fourth-order valence-corrected chi connectivity index (χ4v) is 1.47. The maximum absolute atomic E-state index is 8.70. The van der Waals surface area contributed by atoms with Crippen LogP contribution in [0.15, 0.2) is 30.3 Å². The first-order valence-corrected chi connectivity index (χ1v) is 4.81. The van der Waals surface area contributed by atoms with E-state index in [-0.39, 0.29) is 18.8 Å². The van der Waals surface area contributed by atoms with Crippen molar-refractivity contribution in [1.82, 2.24) is 0 Å². The van der Waals surface area contributed by atoms with E-state index in [1.807, 2.05) is 30.3 Å². The fourth-order valence-electron chi connectivity index (χ4n) is 1.47. The molecule has 2 atom stereocenters. The number of epoxide rings is 1. The molecule has 0 aromatic heterocycles. The van der Waals surface area contributed by atoms with Gasteiger partial charge in [0.2, 0.25) is 0 Å². The molecule has 1 fully saturated rings. The lowest BCUT2D eigenvalue weighted by molar-refractivity contribution is 0.0117. The number of ether oxygens (including phenoxy) is 2. The van der Waals surface area contributed by atoms with E-state index < -0.39 is 0 Å². The molecule has 14 heavy (non-hydrogen) atoms. The Bertz CT molecular complexity index is 269. The Morgan fingerprint density at radius 3 is 2.71 bits per heavy atom. The van der Waals surface area contributed by atoms with E-state index in [0.29, 0.717) is 6.61 Å². The summed E-state index contributed by atoms with van der Waals surface area (Å²) in [6, 6.07) is 9.97. The maximum atomic E-state index is 8.70. The number of rotatable bonds is 5. The number of aliphatic hydroxyl groups excluding tert-OH is 1. The van der Waals surface area contributed by atoms with Gasteiger partial charge in [-0.1, -0.05) is 30.3 Å². The summed E-state index contributed by atoms with van der Waals surface area (Å²) in [4.78, 5) is 0. The maximum Gasteiger partial charge on any atom is 0.111 e. The molecule has 1 N–H and O–H groups in total. The van der Waals surface area contributed by atoms with Crippen LogP contribution in [0.1, 0.15) is 11.7 Å². The minimum absolute atomic E-state index is 0.0247. The molecule has 1 aromatic carbocycles. The summed E-state index contributed by atoms with van der Waals surface area (Å²) in [5.41, 5.74) is 1.11. The van der Waals surface area contributed by atoms with Gasteiger partial charge in [-0.15, -0.1) is 0 Å². The van der Waals surface area contributed by atoms with Crippen LogP contribution in [0.3, 0.4) is 0 Å². The standard InChI is InChI=1S/C11H14O3/c12-6-7-13-11(10-8-14-10)9-4-2-1-3-5-9/h1-5,10-12H,6-8H2. The van der Waals surface area contributed by atoms with Crippen LogP contribution in [0.25, 0.3) is 0 Å². The topological polar surface area (TPSA) is 42.0 Å². The van der Waals surface area contributed by atoms with Crippen LogP contribution < -0.4 is 0 Å². The number of hydrogen-bond donors (Lipinski definition) is 1. The smallest absolute Gasteiger partial charge is 0.111 e. The van der Waals surface area contributed by atoms with E-state index in [9.17, 15) is 0 Å². The molecular weight excluding hydrogens is 180 g/mol. The molecular formula is C11H14O3. The van der Waals surface area contributed by atoms with Crippen LogP contribution in [0.4, 0.5) is 0 Å². The molecule has 3 nitrogen and oxygen atoms in total. The van der Waals surface area contributed by atoms with Crippen LogP contribution in [-0.2, 0) is 9.47 Å². The van der Waals surface area contributed by atoms with Crippen LogP contribution in [0.5, 0.6) is 0 Å². The van der Waals surface area contributed by atoms with Crippen LogP contribution in [-0.4, -0.2) is 31.0 Å². The minimum atomic E-state index is -0.0247. The summed E-state index contributed by atoms with van der Waals surface area (Å²) in [5.74, 6) is 0. The highest BCUT2D eigenvalue weighted by Gasteiger charge is 2.34. The van der Waals surface area contributed by atoms with Crippen molar-refractivity contribution in [3.05, 3.63) is 35.9 Å². The molecule has 1 aromatic rings. The average Bonchev–Trinajstić information content (AvgIpc) is 3.04. The highest BCUT2D eigenvalue weighted by atomic mass is 16.6. The largest absolute Gasteiger partial charge is 0.394 e. The predicted octanol–water partition coefficient (Wildman–Crippen LogP) is 1.14. The molecule has 2 unspecified atom stereocenters. The first-order chi connectivity index (χ1) is 6.92. The first kappa shape index (κ1) is 9.65. The monoisotopic (exact) mass is 194 g/mol. The van der Waals surface area contributed by atoms with Gasteiger partial charge in [0.15, 0.2) is 0 Å². The number of hydrogen-bond acceptors (Lipinski definition) is 3. The average molecular weight is 194 g/mol. The summed E-state index contributed by atoms with van der Waals surface area (Å²) >= 11 is 0. The lowest BCUT2D eigenvalue weighted by atomic mass is 10.1. The zero-order chi connectivity index (χ0) is 9.80. The molecule has 2 rings (SSSR count). The zero-order valence-electron chi connectivity index (χ0n) is 7.93. The van der Waals surface area contributed by atoms with Crippen molar-refractivity contribution in [3.63, 3.8) is 0 Å². The molecule has 1 aliphatic rings. The van der Waals surface area contributed by atoms with Gasteiger partial charge in [-0.05, 0) is 5.56 Å². The lowest BCUT2D eigenvalue weighted by Gasteiger charge is -2.15. The predicted molar refractivity (Wildman–Crippen MR) is 52.0 cm³/mol. The van der Waals surface area contributed by atoms with Gasteiger partial charge < -0.3 is 14.6 Å². The summed E-state index contributed by atoms with van der Waals surface area (Å²) in [6.45, 7) is 1.17. The van der Waals surface area contributed by atoms with Gasteiger partial charge in [0, 0.05) is 0 Å². The van der Waals surface area contributed by atoms with Gasteiger partial charge in [-0.25, -0.2) is 0 Å². The van der Waals surface area contributed by atoms with Crippen molar-refractivity contribution in [2.24, 2.45) is 0 Å². The Kier molecular flexibility index (Phi) is 3.14.